The van der Waals surface area contributed by atoms with Gasteiger partial charge in [0.05, 0.1) is 11.0 Å². The van der Waals surface area contributed by atoms with Crippen LogP contribution in [0.2, 0.25) is 0 Å². The molecule has 0 N–H and O–H groups in total. The van der Waals surface area contributed by atoms with Gasteiger partial charge in [0.2, 0.25) is 6.41 Å². The van der Waals surface area contributed by atoms with E-state index in [-0.39, 0.29) is 16.7 Å². The van der Waals surface area contributed by atoms with Gasteiger partial charge in [-0.1, -0.05) is 12.1 Å². The van der Waals surface area contributed by atoms with Crippen LogP contribution in [-0.4, -0.2) is 22.8 Å². The molecular weight excluding hydrogens is 208 g/mol. The summed E-state index contributed by atoms with van der Waals surface area (Å²) < 4.78 is 0. The average molecular weight is 220 g/mol. The Hall–Kier alpha value is -1.91. The van der Waals surface area contributed by atoms with Crippen LogP contribution in [-0.2, 0) is 11.2 Å². The van der Waals surface area contributed by atoms with Crippen LogP contribution >= 0.6 is 0 Å². The summed E-state index contributed by atoms with van der Waals surface area (Å²) in [4.78, 5) is 22.9. The van der Waals surface area contributed by atoms with Gasteiger partial charge < -0.3 is 4.90 Å². The van der Waals surface area contributed by atoms with Crippen molar-refractivity contribution in [1.29, 1.82) is 0 Å². The lowest BCUT2D eigenvalue weighted by molar-refractivity contribution is -0.385. The molecule has 0 spiro atoms. The maximum Gasteiger partial charge on any atom is 0.272 e. The minimum absolute atomic E-state index is 0.0823. The van der Waals surface area contributed by atoms with E-state index in [1.807, 2.05) is 13.0 Å². The standard InChI is InChI=1S/C11H12N2O3/c1-8-9-3-2-4-11(13(15)16)10(9)5-6-12(8)7-14/h2-4,7-8H,5-6H2,1H3. The van der Waals surface area contributed by atoms with Gasteiger partial charge in [0.1, 0.15) is 0 Å². The second-order valence-electron chi connectivity index (χ2n) is 3.87. The largest absolute Gasteiger partial charge is 0.338 e. The fourth-order valence-electron chi connectivity index (χ4n) is 2.18. The SMILES string of the molecule is CC1c2cccc([N+](=O)[O-])c2CCN1C=O. The molecule has 0 aliphatic carbocycles. The molecule has 0 saturated carbocycles. The molecular formula is C11H12N2O3. The number of nitrogens with zero attached hydrogens (tertiary/aromatic N) is 2. The van der Waals surface area contributed by atoms with Gasteiger partial charge >= 0.3 is 0 Å². The Bertz CT molecular complexity index is 445. The van der Waals surface area contributed by atoms with Gasteiger partial charge in [0, 0.05) is 18.2 Å². The molecule has 2 rings (SSSR count). The fraction of sp³-hybridized carbons (Fsp3) is 0.364. The molecule has 0 saturated heterocycles. The van der Waals surface area contributed by atoms with Crippen LogP contribution in [0.15, 0.2) is 18.2 Å². The number of nitro groups is 1. The quantitative estimate of drug-likeness (QED) is 0.432. The third kappa shape index (κ3) is 1.54. The van der Waals surface area contributed by atoms with Crippen LogP contribution in [0.3, 0.4) is 0 Å². The van der Waals surface area contributed by atoms with E-state index < -0.39 is 0 Å². The molecule has 1 atom stereocenters. The van der Waals surface area contributed by atoms with Crippen molar-refractivity contribution in [3.05, 3.63) is 39.4 Å². The molecule has 0 bridgehead atoms. The van der Waals surface area contributed by atoms with Crippen molar-refractivity contribution in [1.82, 2.24) is 4.90 Å². The number of benzene rings is 1. The molecule has 84 valence electrons. The Morgan fingerprint density at radius 3 is 2.94 bits per heavy atom. The van der Waals surface area contributed by atoms with Crippen molar-refractivity contribution in [2.75, 3.05) is 6.54 Å². The van der Waals surface area contributed by atoms with Gasteiger partial charge in [-0.15, -0.1) is 0 Å². The van der Waals surface area contributed by atoms with Crippen molar-refractivity contribution >= 4 is 12.1 Å². The summed E-state index contributed by atoms with van der Waals surface area (Å²) in [5.74, 6) is 0. The highest BCUT2D eigenvalue weighted by molar-refractivity contribution is 5.54. The summed E-state index contributed by atoms with van der Waals surface area (Å²) in [6.07, 6.45) is 1.35. The van der Waals surface area contributed by atoms with Gasteiger partial charge in [-0.3, -0.25) is 14.9 Å². The normalized spacial score (nSPS) is 19.1. The maximum atomic E-state index is 10.9. The highest BCUT2D eigenvalue weighted by Crippen LogP contribution is 2.33. The smallest absolute Gasteiger partial charge is 0.272 e. The summed E-state index contributed by atoms with van der Waals surface area (Å²) in [5.41, 5.74) is 1.81. The Labute approximate surface area is 92.8 Å². The lowest BCUT2D eigenvalue weighted by Gasteiger charge is -2.31. The van der Waals surface area contributed by atoms with Crippen molar-refractivity contribution in [3.8, 4) is 0 Å². The van der Waals surface area contributed by atoms with Crippen molar-refractivity contribution in [2.24, 2.45) is 0 Å². The molecule has 0 aromatic heterocycles. The molecule has 1 unspecified atom stereocenters. The molecule has 1 aliphatic rings. The van der Waals surface area contributed by atoms with Gasteiger partial charge in [0.15, 0.2) is 0 Å². The van der Waals surface area contributed by atoms with E-state index in [0.29, 0.717) is 13.0 Å². The average Bonchev–Trinajstić information content (AvgIpc) is 2.29. The second-order valence-corrected chi connectivity index (χ2v) is 3.87. The van der Waals surface area contributed by atoms with Gasteiger partial charge in [-0.2, -0.15) is 0 Å². The first-order valence-corrected chi connectivity index (χ1v) is 5.12. The first-order valence-electron chi connectivity index (χ1n) is 5.12. The molecule has 0 fully saturated rings. The molecule has 1 aliphatic heterocycles. The number of carbonyl (C=O) groups is 1. The van der Waals surface area contributed by atoms with Gasteiger partial charge in [-0.25, -0.2) is 0 Å². The first kappa shape index (κ1) is 10.6. The molecule has 16 heavy (non-hydrogen) atoms. The van der Waals surface area contributed by atoms with Crippen LogP contribution in [0, 0.1) is 10.1 Å². The molecule has 5 nitrogen and oxygen atoms in total. The lowest BCUT2D eigenvalue weighted by atomic mass is 9.92. The molecule has 1 amide bonds. The summed E-state index contributed by atoms with van der Waals surface area (Å²) >= 11 is 0. The van der Waals surface area contributed by atoms with E-state index in [1.54, 1.807) is 11.0 Å². The van der Waals surface area contributed by atoms with E-state index in [9.17, 15) is 14.9 Å². The predicted octanol–water partition coefficient (Wildman–Crippen LogP) is 1.67. The predicted molar refractivity (Wildman–Crippen MR) is 58.0 cm³/mol. The highest BCUT2D eigenvalue weighted by Gasteiger charge is 2.27. The Morgan fingerprint density at radius 2 is 2.31 bits per heavy atom. The van der Waals surface area contributed by atoms with E-state index >= 15 is 0 Å². The number of rotatable bonds is 2. The topological polar surface area (TPSA) is 63.5 Å². The van der Waals surface area contributed by atoms with E-state index in [2.05, 4.69) is 0 Å². The zero-order valence-corrected chi connectivity index (χ0v) is 8.92. The van der Waals surface area contributed by atoms with Gasteiger partial charge in [-0.05, 0) is 18.9 Å². The zero-order valence-electron chi connectivity index (χ0n) is 8.92. The molecule has 5 heteroatoms. The van der Waals surface area contributed by atoms with Crippen LogP contribution in [0.25, 0.3) is 0 Å². The second kappa shape index (κ2) is 3.92. The molecule has 0 radical (unpaired) electrons. The maximum absolute atomic E-state index is 10.9. The summed E-state index contributed by atoms with van der Waals surface area (Å²) in [6, 6.07) is 4.95. The lowest BCUT2D eigenvalue weighted by Crippen LogP contribution is -2.33. The van der Waals surface area contributed by atoms with Crippen molar-refractivity contribution in [2.45, 2.75) is 19.4 Å². The number of hydrogen-bond acceptors (Lipinski definition) is 3. The number of amides is 1. The minimum Gasteiger partial charge on any atom is -0.338 e. The monoisotopic (exact) mass is 220 g/mol. The van der Waals surface area contributed by atoms with Crippen LogP contribution < -0.4 is 0 Å². The Balaban J connectivity index is 2.50. The Kier molecular flexibility index (Phi) is 2.60. The Morgan fingerprint density at radius 1 is 1.56 bits per heavy atom. The van der Waals surface area contributed by atoms with Crippen LogP contribution in [0.4, 0.5) is 5.69 Å². The van der Waals surface area contributed by atoms with E-state index in [0.717, 1.165) is 17.5 Å². The van der Waals surface area contributed by atoms with Gasteiger partial charge in [0.25, 0.3) is 5.69 Å². The number of carbonyl (C=O) groups excluding carboxylic acids is 1. The molecule has 1 aromatic carbocycles. The fourth-order valence-corrected chi connectivity index (χ4v) is 2.18. The number of hydrogen-bond donors (Lipinski definition) is 0. The third-order valence-corrected chi connectivity index (χ3v) is 3.09. The number of nitro benzene ring substituents is 1. The summed E-state index contributed by atoms with van der Waals surface area (Å²) in [6.45, 7) is 2.43. The highest BCUT2D eigenvalue weighted by atomic mass is 16.6. The van der Waals surface area contributed by atoms with E-state index in [1.165, 1.54) is 6.07 Å². The van der Waals surface area contributed by atoms with Crippen molar-refractivity contribution < 1.29 is 9.72 Å². The minimum atomic E-state index is -0.359. The summed E-state index contributed by atoms with van der Waals surface area (Å²) in [5, 5.41) is 10.9. The van der Waals surface area contributed by atoms with Crippen molar-refractivity contribution in [3.63, 3.8) is 0 Å². The molecule has 1 aromatic rings. The third-order valence-electron chi connectivity index (χ3n) is 3.09. The van der Waals surface area contributed by atoms with E-state index in [4.69, 9.17) is 0 Å². The number of fused-ring (bicyclic) bond motifs is 1. The molecule has 1 heterocycles. The summed E-state index contributed by atoms with van der Waals surface area (Å²) in [7, 11) is 0. The van der Waals surface area contributed by atoms with Crippen LogP contribution in [0.5, 0.6) is 0 Å². The first-order chi connectivity index (χ1) is 7.65. The zero-order chi connectivity index (χ0) is 11.7. The van der Waals surface area contributed by atoms with Crippen LogP contribution in [0.1, 0.15) is 24.1 Å².